The van der Waals surface area contributed by atoms with Crippen molar-refractivity contribution in [2.24, 2.45) is 0 Å². The van der Waals surface area contributed by atoms with Crippen molar-refractivity contribution in [1.29, 1.82) is 0 Å². The summed E-state index contributed by atoms with van der Waals surface area (Å²) in [5.41, 5.74) is 0. The van der Waals surface area contributed by atoms with Gasteiger partial charge in [0.15, 0.2) is 0 Å². The van der Waals surface area contributed by atoms with Gasteiger partial charge < -0.3 is 0 Å². The molecule has 0 aromatic carbocycles. The Kier molecular flexibility index (Phi) is 16.5. The molecule has 0 aliphatic heterocycles. The summed E-state index contributed by atoms with van der Waals surface area (Å²) in [7, 11) is 0. The maximum absolute atomic E-state index is 5.40. The van der Waals surface area contributed by atoms with Gasteiger partial charge in [0.1, 0.15) is 0 Å². The van der Waals surface area contributed by atoms with Crippen LogP contribution in [-0.4, -0.2) is 37.7 Å². The Labute approximate surface area is 116 Å². The summed E-state index contributed by atoms with van der Waals surface area (Å²) in [6.45, 7) is 4.31. The summed E-state index contributed by atoms with van der Waals surface area (Å²) >= 11 is 2.19. The molecule has 96 valence electrons. The zero-order valence-electron chi connectivity index (χ0n) is 11.7. The molecule has 0 N–H and O–H groups in total. The van der Waals surface area contributed by atoms with E-state index >= 15 is 0 Å². The van der Waals surface area contributed by atoms with E-state index in [0.717, 1.165) is 19.6 Å². The fourth-order valence-corrected chi connectivity index (χ4v) is 1.54. The second kappa shape index (κ2) is 16.3. The topological polar surface area (TPSA) is 18.5 Å². The Morgan fingerprint density at radius 1 is 0.882 bits per heavy atom. The van der Waals surface area contributed by atoms with Crippen molar-refractivity contribution in [3.63, 3.8) is 0 Å². The van der Waals surface area contributed by atoms with E-state index in [9.17, 15) is 0 Å². The number of hydrogen-bond acceptors (Lipinski definition) is 2. The Morgan fingerprint density at radius 2 is 1.59 bits per heavy atom. The van der Waals surface area contributed by atoms with Crippen LogP contribution >= 0.6 is 0 Å². The Morgan fingerprint density at radius 3 is 2.35 bits per heavy atom. The molecule has 0 heterocycles. The molecule has 0 radical (unpaired) electrons. The van der Waals surface area contributed by atoms with Gasteiger partial charge in [-0.15, -0.1) is 0 Å². The van der Waals surface area contributed by atoms with Gasteiger partial charge in [0, 0.05) is 0 Å². The van der Waals surface area contributed by atoms with Crippen LogP contribution in [0.4, 0.5) is 0 Å². The molecule has 0 aromatic rings. The van der Waals surface area contributed by atoms with Crippen LogP contribution in [0.15, 0.2) is 12.2 Å². The number of allylic oxidation sites excluding steroid dienone is 1. The van der Waals surface area contributed by atoms with Gasteiger partial charge in [-0.1, -0.05) is 26.2 Å². The molecular formula is C14H27LiO2. The zero-order chi connectivity index (χ0) is 12.6. The summed E-state index contributed by atoms with van der Waals surface area (Å²) in [5, 5.41) is 1.22. The predicted molar refractivity (Wildman–Crippen MR) is 74.5 cm³/mol. The minimum absolute atomic E-state index is 0.454. The summed E-state index contributed by atoms with van der Waals surface area (Å²) in [4.78, 5) is 0. The van der Waals surface area contributed by atoms with Crippen molar-refractivity contribution in [3.8, 4) is 0 Å². The first-order valence-corrected chi connectivity index (χ1v) is 7.22. The molecule has 0 amide bonds. The van der Waals surface area contributed by atoms with Crippen molar-refractivity contribution < 1.29 is 9.47 Å². The van der Waals surface area contributed by atoms with Crippen LogP contribution in [0.1, 0.15) is 51.9 Å². The summed E-state index contributed by atoms with van der Waals surface area (Å²) < 4.78 is 10.8. The Bertz CT molecular complexity index is 160. The third kappa shape index (κ3) is 16.3. The zero-order valence-corrected chi connectivity index (χ0v) is 11.7. The standard InChI is InChI=1S/C14H27O2.Li/c1-3-5-7-9-11-13-16-14-15-12-10-8-6-4-2;/h6,8H,2-5,7,9-14H2,1H3;. The average molecular weight is 234 g/mol. The van der Waals surface area contributed by atoms with Gasteiger partial charge in [0.05, 0.1) is 0 Å². The van der Waals surface area contributed by atoms with Crippen molar-refractivity contribution in [1.82, 2.24) is 0 Å². The molecule has 0 saturated heterocycles. The van der Waals surface area contributed by atoms with Gasteiger partial charge in [-0.25, -0.2) is 0 Å². The third-order valence-corrected chi connectivity index (χ3v) is 2.61. The fraction of sp³-hybridized carbons (Fsp3) is 0.857. The molecule has 0 bridgehead atoms. The molecule has 0 aliphatic carbocycles. The van der Waals surface area contributed by atoms with Crippen molar-refractivity contribution >= 4 is 17.7 Å². The molecule has 0 unspecified atom stereocenters. The van der Waals surface area contributed by atoms with Gasteiger partial charge in [0.25, 0.3) is 0 Å². The van der Waals surface area contributed by atoms with Crippen LogP contribution < -0.4 is 0 Å². The average Bonchev–Trinajstić information content (AvgIpc) is 2.35. The minimum Gasteiger partial charge on any atom is -0.0654 e. The smallest absolute Gasteiger partial charge is 0.0654 e. The normalized spacial score (nSPS) is 11.5. The monoisotopic (exact) mass is 234 g/mol. The summed E-state index contributed by atoms with van der Waals surface area (Å²) in [6.07, 6.45) is 13.0. The van der Waals surface area contributed by atoms with Gasteiger partial charge >= 0.3 is 90.1 Å². The summed E-state index contributed by atoms with van der Waals surface area (Å²) in [6, 6.07) is 0. The van der Waals surface area contributed by atoms with Gasteiger partial charge in [-0.3, -0.25) is 0 Å². The van der Waals surface area contributed by atoms with E-state index in [1.165, 1.54) is 43.6 Å². The van der Waals surface area contributed by atoms with Crippen LogP contribution in [0, 0.1) is 0 Å². The van der Waals surface area contributed by atoms with E-state index < -0.39 is 0 Å². The first-order chi connectivity index (χ1) is 8.41. The first-order valence-electron chi connectivity index (χ1n) is 7.22. The first kappa shape index (κ1) is 17.3. The second-order valence-corrected chi connectivity index (χ2v) is 4.40. The molecule has 3 heteroatoms. The Hall–Kier alpha value is 0.257. The van der Waals surface area contributed by atoms with Gasteiger partial charge in [0.2, 0.25) is 0 Å². The van der Waals surface area contributed by atoms with Crippen LogP contribution in [0.5, 0.6) is 0 Å². The molecule has 17 heavy (non-hydrogen) atoms. The number of unbranched alkanes of at least 4 members (excludes halogenated alkanes) is 4. The molecule has 0 atom stereocenters. The predicted octanol–water partition coefficient (Wildman–Crippen LogP) is 3.87. The second-order valence-electron chi connectivity index (χ2n) is 4.40. The SMILES string of the molecule is [Li][CH2]CC=CCCOCOCCCCCCC. The minimum atomic E-state index is 0.454. The molecular weight excluding hydrogens is 207 g/mol. The van der Waals surface area contributed by atoms with Crippen LogP contribution in [0.25, 0.3) is 0 Å². The molecule has 0 fully saturated rings. The van der Waals surface area contributed by atoms with Crippen LogP contribution in [-0.2, 0) is 9.47 Å². The van der Waals surface area contributed by atoms with E-state index in [2.05, 4.69) is 36.8 Å². The number of hydrogen-bond donors (Lipinski definition) is 0. The molecule has 0 rings (SSSR count). The van der Waals surface area contributed by atoms with Crippen molar-refractivity contribution in [2.75, 3.05) is 20.0 Å². The van der Waals surface area contributed by atoms with Gasteiger partial charge in [-0.2, -0.15) is 0 Å². The van der Waals surface area contributed by atoms with E-state index in [1.54, 1.807) is 0 Å². The maximum atomic E-state index is 5.40. The summed E-state index contributed by atoms with van der Waals surface area (Å²) in [5.74, 6) is 0. The van der Waals surface area contributed by atoms with Crippen molar-refractivity contribution in [3.05, 3.63) is 12.2 Å². The molecule has 2 nitrogen and oxygen atoms in total. The molecule has 0 spiro atoms. The van der Waals surface area contributed by atoms with Gasteiger partial charge in [-0.05, 0) is 0 Å². The van der Waals surface area contributed by atoms with Crippen LogP contribution in [0.2, 0.25) is 5.09 Å². The fourth-order valence-electron chi connectivity index (χ4n) is 1.54. The molecule has 0 saturated carbocycles. The number of ether oxygens (including phenoxy) is 2. The molecule has 0 aliphatic rings. The Balaban J connectivity index is 2.94. The van der Waals surface area contributed by atoms with E-state index in [0.29, 0.717) is 6.79 Å². The third-order valence-electron chi connectivity index (χ3n) is 2.61. The van der Waals surface area contributed by atoms with Crippen molar-refractivity contribution in [2.45, 2.75) is 57.0 Å². The quantitative estimate of drug-likeness (QED) is 0.208. The van der Waals surface area contributed by atoms with E-state index in [4.69, 9.17) is 9.47 Å². The van der Waals surface area contributed by atoms with Crippen LogP contribution in [0.3, 0.4) is 0 Å². The number of rotatable bonds is 13. The molecule has 0 aromatic heterocycles. The van der Waals surface area contributed by atoms with E-state index in [-0.39, 0.29) is 0 Å². The van der Waals surface area contributed by atoms with E-state index in [1.807, 2.05) is 0 Å².